The molecule has 5 rings (SSSR count). The summed E-state index contributed by atoms with van der Waals surface area (Å²) in [6.45, 7) is 10.1. The van der Waals surface area contributed by atoms with E-state index in [1.54, 1.807) is 16.7 Å². The van der Waals surface area contributed by atoms with Gasteiger partial charge in [0.15, 0.2) is 0 Å². The Balaban J connectivity index is 1.57. The van der Waals surface area contributed by atoms with Gasteiger partial charge in [-0.3, -0.25) is 14.4 Å². The molecule has 3 fully saturated rings. The van der Waals surface area contributed by atoms with Gasteiger partial charge < -0.3 is 20.6 Å². The Hall–Kier alpha value is -2.36. The number of hydrogen-bond donors (Lipinski definition) is 3. The lowest BCUT2D eigenvalue weighted by Gasteiger charge is -2.40. The number of aliphatic hydroxyl groups is 1. The van der Waals surface area contributed by atoms with Gasteiger partial charge in [-0.1, -0.05) is 85.2 Å². The van der Waals surface area contributed by atoms with Crippen molar-refractivity contribution in [2.24, 2.45) is 17.3 Å². The first-order valence-electron chi connectivity index (χ1n) is 14.3. The predicted molar refractivity (Wildman–Crippen MR) is 167 cm³/mol. The van der Waals surface area contributed by atoms with Crippen LogP contribution < -0.4 is 10.6 Å². The molecule has 7 nitrogen and oxygen atoms in total. The van der Waals surface area contributed by atoms with E-state index in [1.165, 1.54) is 0 Å². The van der Waals surface area contributed by atoms with Gasteiger partial charge in [-0.15, -0.1) is 11.8 Å². The average molecular weight is 643 g/mol. The topological polar surface area (TPSA) is 98.7 Å². The summed E-state index contributed by atoms with van der Waals surface area (Å²) in [5.41, 5.74) is 0.873. The van der Waals surface area contributed by atoms with Crippen LogP contribution in [0.4, 0.5) is 5.69 Å². The Kier molecular flexibility index (Phi) is 8.11. The number of rotatable bonds is 8. The van der Waals surface area contributed by atoms with Crippen LogP contribution in [0.2, 0.25) is 0 Å². The Morgan fingerprint density at radius 1 is 1.05 bits per heavy atom. The molecule has 3 unspecified atom stereocenters. The van der Waals surface area contributed by atoms with E-state index in [9.17, 15) is 19.5 Å². The first-order chi connectivity index (χ1) is 19.3. The molecule has 3 amide bonds. The fraction of sp³-hybridized carbons (Fsp3) is 0.531. The lowest BCUT2D eigenvalue weighted by atomic mass is 9.70. The second kappa shape index (κ2) is 11.0. The van der Waals surface area contributed by atoms with E-state index < -0.39 is 34.2 Å². The average Bonchev–Trinajstić information content (AvgIpc) is 3.47. The monoisotopic (exact) mass is 641 g/mol. The van der Waals surface area contributed by atoms with Crippen LogP contribution in [0.1, 0.15) is 59.1 Å². The van der Waals surface area contributed by atoms with Crippen molar-refractivity contribution in [3.05, 3.63) is 66.2 Å². The molecular formula is C32H40BrN3O4S. The van der Waals surface area contributed by atoms with Crippen LogP contribution in [0, 0.1) is 17.3 Å². The van der Waals surface area contributed by atoms with Crippen LogP contribution in [0.3, 0.4) is 0 Å². The third-order valence-corrected chi connectivity index (χ3v) is 11.7. The van der Waals surface area contributed by atoms with Crippen LogP contribution in [0.5, 0.6) is 0 Å². The summed E-state index contributed by atoms with van der Waals surface area (Å²) in [7, 11) is 0. The van der Waals surface area contributed by atoms with Gasteiger partial charge in [0.05, 0.1) is 29.2 Å². The molecule has 220 valence electrons. The van der Waals surface area contributed by atoms with Gasteiger partial charge in [-0.2, -0.15) is 0 Å². The van der Waals surface area contributed by atoms with Gasteiger partial charge in [-0.05, 0) is 49.8 Å². The number of carbonyl (C=O) groups is 3. The van der Waals surface area contributed by atoms with Crippen LogP contribution in [0.25, 0.3) is 0 Å². The van der Waals surface area contributed by atoms with E-state index in [-0.39, 0.29) is 39.8 Å². The van der Waals surface area contributed by atoms with Gasteiger partial charge in [0, 0.05) is 21.3 Å². The molecule has 2 aromatic carbocycles. The summed E-state index contributed by atoms with van der Waals surface area (Å²) >= 11 is 5.42. The van der Waals surface area contributed by atoms with Crippen LogP contribution in [-0.4, -0.2) is 60.7 Å². The summed E-state index contributed by atoms with van der Waals surface area (Å²) in [5, 5.41) is 16.8. The highest BCUT2D eigenvalue weighted by Crippen LogP contribution is 2.68. The molecule has 2 bridgehead atoms. The van der Waals surface area contributed by atoms with Gasteiger partial charge in [-0.25, -0.2) is 0 Å². The highest BCUT2D eigenvalue weighted by Gasteiger charge is 2.76. The smallest absolute Gasteiger partial charge is 0.244 e. The molecule has 2 aromatic rings. The maximum absolute atomic E-state index is 14.6. The number of nitrogens with one attached hydrogen (secondary N) is 2. The quantitative estimate of drug-likeness (QED) is 0.346. The maximum Gasteiger partial charge on any atom is 0.244 e. The molecule has 0 radical (unpaired) electrons. The minimum atomic E-state index is -0.846. The Bertz CT molecular complexity index is 1300. The fourth-order valence-electron chi connectivity index (χ4n) is 7.55. The molecule has 3 aliphatic heterocycles. The zero-order valence-corrected chi connectivity index (χ0v) is 26.7. The molecular weight excluding hydrogens is 602 g/mol. The molecule has 3 heterocycles. The number of halogens is 1. The summed E-state index contributed by atoms with van der Waals surface area (Å²) in [6, 6.07) is 17.0. The van der Waals surface area contributed by atoms with Gasteiger partial charge in [0.1, 0.15) is 6.04 Å². The minimum absolute atomic E-state index is 0.0252. The lowest BCUT2D eigenvalue weighted by molar-refractivity contribution is -0.142. The number of nitrogens with zero attached hydrogens (tertiary/aromatic N) is 1. The Labute approximate surface area is 255 Å². The summed E-state index contributed by atoms with van der Waals surface area (Å²) in [5.74, 6) is -2.00. The SMILES string of the molecule is CC(C)(C)CC(C)(C)NC(=O)C1N([C@H](CO)c2ccccc2)C(=O)[C@@H]2[C@@H](C(=O)Nc3ccccc3)[C@@H]3SC12CC3Br. The van der Waals surface area contributed by atoms with Crippen molar-refractivity contribution in [3.8, 4) is 0 Å². The number of thioether (sulfide) groups is 1. The number of fused-ring (bicyclic) bond motifs is 1. The zero-order chi connectivity index (χ0) is 29.7. The van der Waals surface area contributed by atoms with Gasteiger partial charge in [0.25, 0.3) is 0 Å². The third kappa shape index (κ3) is 5.57. The number of para-hydroxylation sites is 1. The van der Waals surface area contributed by atoms with Crippen molar-refractivity contribution < 1.29 is 19.5 Å². The van der Waals surface area contributed by atoms with E-state index in [0.29, 0.717) is 12.1 Å². The van der Waals surface area contributed by atoms with Gasteiger partial charge in [0.2, 0.25) is 17.7 Å². The first-order valence-corrected chi connectivity index (χ1v) is 16.1. The Morgan fingerprint density at radius 3 is 2.24 bits per heavy atom. The fourth-order valence-corrected chi connectivity index (χ4v) is 11.2. The molecule has 41 heavy (non-hydrogen) atoms. The number of amides is 3. The van der Waals surface area contributed by atoms with E-state index >= 15 is 0 Å². The largest absolute Gasteiger partial charge is 0.394 e. The highest BCUT2D eigenvalue weighted by atomic mass is 79.9. The molecule has 3 saturated heterocycles. The van der Waals surface area contributed by atoms with Gasteiger partial charge >= 0.3 is 0 Å². The molecule has 0 aromatic heterocycles. The molecule has 1 spiro atoms. The second-order valence-corrected chi connectivity index (χ2v) is 16.2. The lowest BCUT2D eigenvalue weighted by Crippen LogP contribution is -2.59. The second-order valence-electron chi connectivity index (χ2n) is 13.5. The molecule has 9 heteroatoms. The Morgan fingerprint density at radius 2 is 1.66 bits per heavy atom. The first kappa shape index (κ1) is 30.1. The number of hydrogen-bond acceptors (Lipinski definition) is 5. The summed E-state index contributed by atoms with van der Waals surface area (Å²) in [6.07, 6.45) is 1.32. The molecule has 0 saturated carbocycles. The normalized spacial score (nSPS) is 29.8. The number of benzene rings is 2. The highest BCUT2D eigenvalue weighted by molar-refractivity contribution is 9.09. The predicted octanol–water partition coefficient (Wildman–Crippen LogP) is 5.15. The standard InChI is InChI=1S/C32H40BrN3O4S/c1-30(2,3)18-31(4,5)35-28(39)26-32-16-21(33)25(41-32)23(27(38)34-20-14-10-7-11-15-20)24(32)29(40)36(26)22(17-37)19-12-8-6-9-13-19/h6-15,21-26,37H,16-18H2,1-5H3,(H,34,38)(H,35,39)/t21?,22-,23-,24+,25-,26?,32?/m1/s1. The number of carbonyl (C=O) groups excluding carboxylic acids is 3. The van der Waals surface area contributed by atoms with Crippen LogP contribution in [0.15, 0.2) is 60.7 Å². The number of aliphatic hydroxyl groups excluding tert-OH is 1. The maximum atomic E-state index is 14.6. The molecule has 3 aliphatic rings. The molecule has 7 atom stereocenters. The number of anilines is 1. The van der Waals surface area contributed by atoms with Crippen molar-refractivity contribution in [2.45, 2.75) is 79.9 Å². The van der Waals surface area contributed by atoms with Crippen molar-refractivity contribution in [1.82, 2.24) is 10.2 Å². The van der Waals surface area contributed by atoms with E-state index in [1.807, 2.05) is 74.5 Å². The van der Waals surface area contributed by atoms with Crippen molar-refractivity contribution in [3.63, 3.8) is 0 Å². The molecule has 0 aliphatic carbocycles. The zero-order valence-electron chi connectivity index (χ0n) is 24.3. The van der Waals surface area contributed by atoms with Crippen LogP contribution in [-0.2, 0) is 14.4 Å². The summed E-state index contributed by atoms with van der Waals surface area (Å²) in [4.78, 5) is 44.4. The van der Waals surface area contributed by atoms with Crippen molar-refractivity contribution in [1.29, 1.82) is 0 Å². The van der Waals surface area contributed by atoms with E-state index in [0.717, 1.165) is 12.0 Å². The number of likely N-dealkylation sites (tertiary alicyclic amines) is 1. The minimum Gasteiger partial charge on any atom is -0.394 e. The van der Waals surface area contributed by atoms with Crippen LogP contribution >= 0.6 is 27.7 Å². The summed E-state index contributed by atoms with van der Waals surface area (Å²) < 4.78 is -0.807. The van der Waals surface area contributed by atoms with E-state index in [4.69, 9.17) is 0 Å². The van der Waals surface area contributed by atoms with Crippen molar-refractivity contribution >= 4 is 51.1 Å². The van der Waals surface area contributed by atoms with E-state index in [2.05, 4.69) is 47.3 Å². The molecule has 3 N–H and O–H groups in total. The van der Waals surface area contributed by atoms with Crippen molar-refractivity contribution in [2.75, 3.05) is 11.9 Å². The number of alkyl halides is 1. The third-order valence-electron chi connectivity index (χ3n) is 8.45.